The van der Waals surface area contributed by atoms with Gasteiger partial charge in [-0.1, -0.05) is 0 Å². The number of aromatic nitrogens is 2. The summed E-state index contributed by atoms with van der Waals surface area (Å²) >= 11 is 1.21. The lowest BCUT2D eigenvalue weighted by Crippen LogP contribution is -2.70. The van der Waals surface area contributed by atoms with Crippen LogP contribution in [0.3, 0.4) is 0 Å². The number of nitrogens with one attached hydrogen (secondary N) is 1. The van der Waals surface area contributed by atoms with Gasteiger partial charge in [-0.05, 0) is 13.0 Å². The van der Waals surface area contributed by atoms with Gasteiger partial charge in [0.15, 0.2) is 5.69 Å². The number of alkyl halides is 3. The maximum Gasteiger partial charge on any atom is 0.435 e. The van der Waals surface area contributed by atoms with E-state index in [0.717, 1.165) is 15.6 Å². The Bertz CT molecular complexity index is 1010. The van der Waals surface area contributed by atoms with Crippen LogP contribution < -0.4 is 5.32 Å². The van der Waals surface area contributed by atoms with Crippen LogP contribution in [0, 0.1) is 6.92 Å². The van der Waals surface area contributed by atoms with Crippen molar-refractivity contribution < 1.29 is 42.2 Å². The molecule has 3 rings (SSSR count). The lowest BCUT2D eigenvalue weighted by molar-refractivity contribution is -0.151. The topological polar surface area (TPSA) is 131 Å². The van der Waals surface area contributed by atoms with Gasteiger partial charge in [0.25, 0.3) is 5.91 Å². The molecule has 1 aromatic heterocycles. The summed E-state index contributed by atoms with van der Waals surface area (Å²) in [5, 5.41) is 14.8. The molecule has 1 saturated heterocycles. The Balaban J connectivity index is 1.61. The van der Waals surface area contributed by atoms with E-state index in [4.69, 9.17) is 4.74 Å². The number of carbonyl (C=O) groups is 4. The van der Waals surface area contributed by atoms with E-state index in [1.165, 1.54) is 25.6 Å². The van der Waals surface area contributed by atoms with Crippen molar-refractivity contribution in [2.75, 3.05) is 12.4 Å². The second-order valence-corrected chi connectivity index (χ2v) is 8.24. The molecule has 1 aromatic rings. The minimum Gasteiger partial charge on any atom is -0.477 e. The summed E-state index contributed by atoms with van der Waals surface area (Å²) in [5.41, 5.74) is -0.842. The zero-order valence-electron chi connectivity index (χ0n) is 16.9. The number of carboxylic acids is 1. The van der Waals surface area contributed by atoms with Gasteiger partial charge in [-0.2, -0.15) is 18.3 Å². The summed E-state index contributed by atoms with van der Waals surface area (Å²) in [6.07, 6.45) is -4.82. The summed E-state index contributed by atoms with van der Waals surface area (Å²) in [6.45, 7) is 2.22. The fourth-order valence-corrected chi connectivity index (χ4v) is 4.64. The summed E-state index contributed by atoms with van der Waals surface area (Å²) in [7, 11) is 0. The van der Waals surface area contributed by atoms with E-state index < -0.39 is 47.0 Å². The number of thioether (sulfide) groups is 1. The maximum atomic E-state index is 12.7. The Morgan fingerprint density at radius 1 is 1.38 bits per heavy atom. The number of ether oxygens (including phenoxy) is 1. The number of carbonyl (C=O) groups excluding carboxylic acids is 3. The largest absolute Gasteiger partial charge is 0.477 e. The van der Waals surface area contributed by atoms with E-state index in [0.29, 0.717) is 0 Å². The smallest absolute Gasteiger partial charge is 0.435 e. The number of nitrogens with zero attached hydrogens (tertiary/aromatic N) is 3. The number of aryl methyl sites for hydroxylation is 2. The van der Waals surface area contributed by atoms with Crippen LogP contribution >= 0.6 is 11.8 Å². The van der Waals surface area contributed by atoms with E-state index in [9.17, 15) is 37.5 Å². The first kappa shape index (κ1) is 23.6. The first-order valence-corrected chi connectivity index (χ1v) is 10.4. The average molecular weight is 476 g/mol. The van der Waals surface area contributed by atoms with E-state index >= 15 is 0 Å². The van der Waals surface area contributed by atoms with Crippen molar-refractivity contribution in [3.05, 3.63) is 28.7 Å². The van der Waals surface area contributed by atoms with Crippen LogP contribution in [0.2, 0.25) is 0 Å². The molecule has 10 nitrogen and oxygen atoms in total. The fraction of sp³-hybridized carbons (Fsp3) is 0.500. The van der Waals surface area contributed by atoms with Gasteiger partial charge in [0.2, 0.25) is 5.91 Å². The Labute approximate surface area is 183 Å². The highest BCUT2D eigenvalue weighted by atomic mass is 32.2. The minimum atomic E-state index is -4.60. The quantitative estimate of drug-likeness (QED) is 0.439. The molecule has 0 aliphatic carbocycles. The first-order chi connectivity index (χ1) is 14.9. The van der Waals surface area contributed by atoms with Gasteiger partial charge in [0, 0.05) is 36.9 Å². The molecule has 174 valence electrons. The third-order valence-corrected chi connectivity index (χ3v) is 6.18. The van der Waals surface area contributed by atoms with Gasteiger partial charge in [-0.25, -0.2) is 4.79 Å². The van der Waals surface area contributed by atoms with E-state index in [-0.39, 0.29) is 42.3 Å². The van der Waals surface area contributed by atoms with Crippen molar-refractivity contribution in [2.24, 2.45) is 0 Å². The molecular formula is C18H19F3N4O6S. The van der Waals surface area contributed by atoms with Crippen LogP contribution in [0.5, 0.6) is 0 Å². The molecular weight excluding hydrogens is 457 g/mol. The Morgan fingerprint density at radius 3 is 2.62 bits per heavy atom. The van der Waals surface area contributed by atoms with Crippen LogP contribution in [0.25, 0.3) is 0 Å². The highest BCUT2D eigenvalue weighted by Crippen LogP contribution is 2.40. The van der Waals surface area contributed by atoms with E-state index in [1.807, 2.05) is 0 Å². The molecule has 0 saturated carbocycles. The van der Waals surface area contributed by atoms with Crippen LogP contribution in [0.4, 0.5) is 13.2 Å². The Hall–Kier alpha value is -3.03. The molecule has 14 heteroatoms. The molecule has 2 amide bonds. The minimum absolute atomic E-state index is 0.122. The normalized spacial score (nSPS) is 20.5. The second-order valence-electron chi connectivity index (χ2n) is 7.13. The number of β-lactam (4-membered cyclic amide) rings is 1. The van der Waals surface area contributed by atoms with Crippen molar-refractivity contribution in [2.45, 2.75) is 44.4 Å². The highest BCUT2D eigenvalue weighted by molar-refractivity contribution is 8.00. The number of fused-ring (bicyclic) bond motifs is 1. The van der Waals surface area contributed by atoms with Gasteiger partial charge >= 0.3 is 18.1 Å². The van der Waals surface area contributed by atoms with Crippen molar-refractivity contribution in [1.82, 2.24) is 20.0 Å². The summed E-state index contributed by atoms with van der Waals surface area (Å²) in [4.78, 5) is 48.5. The lowest BCUT2D eigenvalue weighted by atomic mass is 10.0. The number of esters is 1. The molecule has 1 fully saturated rings. The van der Waals surface area contributed by atoms with Crippen molar-refractivity contribution in [3.63, 3.8) is 0 Å². The molecule has 2 atom stereocenters. The number of rotatable bonds is 7. The van der Waals surface area contributed by atoms with Crippen LogP contribution in [-0.4, -0.2) is 67.3 Å². The number of carboxylic acid groups (broad SMARTS) is 1. The van der Waals surface area contributed by atoms with Gasteiger partial charge in [0.05, 0.1) is 0 Å². The molecule has 0 bridgehead atoms. The summed E-state index contributed by atoms with van der Waals surface area (Å²) in [6, 6.07) is -0.0987. The Kier molecular flexibility index (Phi) is 6.53. The number of hydrogen-bond donors (Lipinski definition) is 2. The molecule has 3 heterocycles. The molecule has 0 radical (unpaired) electrons. The molecule has 0 aromatic carbocycles. The number of hydrogen-bond acceptors (Lipinski definition) is 7. The summed E-state index contributed by atoms with van der Waals surface area (Å²) in [5.74, 6) is -2.99. The predicted molar refractivity (Wildman–Crippen MR) is 103 cm³/mol. The molecule has 2 unspecified atom stereocenters. The number of amides is 2. The van der Waals surface area contributed by atoms with Crippen molar-refractivity contribution in [1.29, 1.82) is 0 Å². The molecule has 0 spiro atoms. The van der Waals surface area contributed by atoms with Gasteiger partial charge < -0.3 is 15.2 Å². The number of halogens is 3. The van der Waals surface area contributed by atoms with Crippen molar-refractivity contribution in [3.8, 4) is 0 Å². The maximum absolute atomic E-state index is 12.7. The zero-order chi connectivity index (χ0) is 23.8. The van der Waals surface area contributed by atoms with Crippen LogP contribution in [0.15, 0.2) is 17.3 Å². The molecule has 2 aliphatic rings. The third kappa shape index (κ3) is 4.74. The van der Waals surface area contributed by atoms with Crippen LogP contribution in [-0.2, 0) is 36.6 Å². The van der Waals surface area contributed by atoms with Crippen LogP contribution in [0.1, 0.15) is 24.7 Å². The molecule has 2 N–H and O–H groups in total. The SMILES string of the molecule is CC(=O)OCC1=C(C(=O)O)N2C(=O)C(NC(=O)CCn3nc(C(F)(F)F)cc3C)C2SC1. The van der Waals surface area contributed by atoms with E-state index in [1.54, 1.807) is 0 Å². The van der Waals surface area contributed by atoms with Crippen molar-refractivity contribution >= 4 is 35.5 Å². The third-order valence-electron chi connectivity index (χ3n) is 4.84. The fourth-order valence-electron chi connectivity index (χ4n) is 3.31. The Morgan fingerprint density at radius 2 is 2.06 bits per heavy atom. The van der Waals surface area contributed by atoms with E-state index in [2.05, 4.69) is 10.4 Å². The molecule has 32 heavy (non-hydrogen) atoms. The monoisotopic (exact) mass is 476 g/mol. The van der Waals surface area contributed by atoms with Gasteiger partial charge in [-0.3, -0.25) is 24.0 Å². The first-order valence-electron chi connectivity index (χ1n) is 9.34. The molecule has 2 aliphatic heterocycles. The number of aliphatic carboxylic acids is 1. The predicted octanol–water partition coefficient (Wildman–Crippen LogP) is 0.902. The average Bonchev–Trinajstić information content (AvgIpc) is 3.08. The standard InChI is InChI=1S/C18H19F3N4O6S/c1-8-5-11(18(19,20)21)23-24(8)4-3-12(27)22-13-15(28)25-14(17(29)30)10(6-31-9(2)26)7-32-16(13)25/h5,13,16H,3-4,6-7H2,1-2H3,(H,22,27)(H,29,30). The highest BCUT2D eigenvalue weighted by Gasteiger charge is 2.54. The van der Waals surface area contributed by atoms with Gasteiger partial charge in [0.1, 0.15) is 23.7 Å². The summed E-state index contributed by atoms with van der Waals surface area (Å²) < 4.78 is 44.1. The second kappa shape index (κ2) is 8.84. The van der Waals surface area contributed by atoms with Gasteiger partial charge in [-0.15, -0.1) is 11.8 Å². The zero-order valence-corrected chi connectivity index (χ0v) is 17.7. The lowest BCUT2D eigenvalue weighted by Gasteiger charge is -2.49.